The van der Waals surface area contributed by atoms with Crippen LogP contribution in [0.5, 0.6) is 0 Å². The summed E-state index contributed by atoms with van der Waals surface area (Å²) in [5.41, 5.74) is 5.26. The van der Waals surface area contributed by atoms with Crippen molar-refractivity contribution in [2.45, 2.75) is 30.8 Å². The molecule has 1 aliphatic heterocycles. The lowest BCUT2D eigenvalue weighted by molar-refractivity contribution is 0.216. The minimum atomic E-state index is -0.111. The van der Waals surface area contributed by atoms with Crippen molar-refractivity contribution in [3.63, 3.8) is 0 Å². The molecule has 0 saturated carbocycles. The van der Waals surface area contributed by atoms with Gasteiger partial charge in [0.2, 0.25) is 0 Å². The van der Waals surface area contributed by atoms with E-state index in [1.807, 2.05) is 6.07 Å². The van der Waals surface area contributed by atoms with Crippen molar-refractivity contribution in [3.05, 3.63) is 71.2 Å². The number of benzene rings is 2. The summed E-state index contributed by atoms with van der Waals surface area (Å²) in [5.74, 6) is 0.346. The Bertz CT molecular complexity index is 1020. The Balaban J connectivity index is 1.51. The third-order valence-corrected chi connectivity index (χ3v) is 6.90. The summed E-state index contributed by atoms with van der Waals surface area (Å²) in [5, 5.41) is 1.36. The van der Waals surface area contributed by atoms with Crippen molar-refractivity contribution in [1.29, 1.82) is 0 Å². The smallest absolute Gasteiger partial charge is 0.123 e. The maximum Gasteiger partial charge on any atom is 0.123 e. The van der Waals surface area contributed by atoms with Crippen LogP contribution in [-0.4, -0.2) is 47.6 Å². The Morgan fingerprint density at radius 2 is 1.86 bits per heavy atom. The summed E-state index contributed by atoms with van der Waals surface area (Å²) < 4.78 is 16.2. The number of rotatable bonds is 3. The second kappa shape index (κ2) is 6.71. The van der Waals surface area contributed by atoms with Gasteiger partial charge in [-0.05, 0) is 61.8 Å². The quantitative estimate of drug-likeness (QED) is 0.673. The van der Waals surface area contributed by atoms with E-state index >= 15 is 0 Å². The summed E-state index contributed by atoms with van der Waals surface area (Å²) in [6, 6.07) is 14.9. The topological polar surface area (TPSA) is 11.4 Å². The van der Waals surface area contributed by atoms with Crippen molar-refractivity contribution in [2.75, 3.05) is 27.2 Å². The standard InChI is InChI=1S/C24H28FN3/c1-26(2)24-15-28(23-11-9-16-8-10-17(25)12-19(16)23)14-21(24)20-13-27(3)22-7-5-4-6-18(20)22/h4-8,10,12-13,21,23-24H,9,11,14-15H2,1-3H3. The van der Waals surface area contributed by atoms with Crippen LogP contribution in [0.25, 0.3) is 10.9 Å². The normalized spacial score (nSPS) is 25.1. The predicted octanol–water partition coefficient (Wildman–Crippen LogP) is 4.33. The number of aryl methyl sites for hydroxylation is 2. The van der Waals surface area contributed by atoms with E-state index in [2.05, 4.69) is 66.0 Å². The molecule has 2 aromatic carbocycles. The number of hydrogen-bond donors (Lipinski definition) is 0. The fourth-order valence-corrected chi connectivity index (χ4v) is 5.50. The molecule has 0 amide bonds. The summed E-state index contributed by atoms with van der Waals surface area (Å²) in [4.78, 5) is 4.97. The average Bonchev–Trinajstić information content (AvgIpc) is 3.37. The molecule has 1 fully saturated rings. The predicted molar refractivity (Wildman–Crippen MR) is 112 cm³/mol. The first-order chi connectivity index (χ1) is 13.5. The molecule has 3 nitrogen and oxygen atoms in total. The number of aromatic nitrogens is 1. The lowest BCUT2D eigenvalue weighted by Gasteiger charge is -2.26. The van der Waals surface area contributed by atoms with E-state index in [1.54, 1.807) is 12.1 Å². The number of halogens is 1. The minimum absolute atomic E-state index is 0.111. The summed E-state index contributed by atoms with van der Waals surface area (Å²) in [6.07, 6.45) is 4.47. The highest BCUT2D eigenvalue weighted by molar-refractivity contribution is 5.84. The molecule has 4 heteroatoms. The minimum Gasteiger partial charge on any atom is -0.350 e. The van der Waals surface area contributed by atoms with Gasteiger partial charge in [0.25, 0.3) is 0 Å². The number of para-hydroxylation sites is 1. The molecule has 0 N–H and O–H groups in total. The molecule has 5 rings (SSSR count). The molecule has 3 unspecified atom stereocenters. The van der Waals surface area contributed by atoms with Crippen LogP contribution in [0.1, 0.15) is 35.1 Å². The number of nitrogens with zero attached hydrogens (tertiary/aromatic N) is 3. The second-order valence-corrected chi connectivity index (χ2v) is 8.70. The highest BCUT2D eigenvalue weighted by Gasteiger charge is 2.41. The lowest BCUT2D eigenvalue weighted by atomic mass is 9.93. The van der Waals surface area contributed by atoms with Crippen LogP contribution >= 0.6 is 0 Å². The first-order valence-corrected chi connectivity index (χ1v) is 10.3. The number of likely N-dealkylation sites (tertiary alicyclic amines) is 1. The number of likely N-dealkylation sites (N-methyl/N-ethyl adjacent to an activating group) is 1. The molecular formula is C24H28FN3. The van der Waals surface area contributed by atoms with Crippen LogP contribution in [0, 0.1) is 5.82 Å². The van der Waals surface area contributed by atoms with Gasteiger partial charge in [-0.15, -0.1) is 0 Å². The second-order valence-electron chi connectivity index (χ2n) is 8.70. The monoisotopic (exact) mass is 377 g/mol. The molecule has 146 valence electrons. The largest absolute Gasteiger partial charge is 0.350 e. The van der Waals surface area contributed by atoms with Gasteiger partial charge in [-0.2, -0.15) is 0 Å². The van der Waals surface area contributed by atoms with Gasteiger partial charge >= 0.3 is 0 Å². The molecule has 3 aromatic rings. The summed E-state index contributed by atoms with van der Waals surface area (Å²) in [6.45, 7) is 2.05. The van der Waals surface area contributed by atoms with Gasteiger partial charge in [0, 0.05) is 55.2 Å². The van der Waals surface area contributed by atoms with Crippen LogP contribution in [0.2, 0.25) is 0 Å². The molecule has 2 aliphatic rings. The van der Waals surface area contributed by atoms with E-state index in [0.717, 1.165) is 25.9 Å². The molecule has 1 aliphatic carbocycles. The van der Waals surface area contributed by atoms with Crippen LogP contribution in [0.15, 0.2) is 48.7 Å². The molecule has 2 heterocycles. The van der Waals surface area contributed by atoms with E-state index in [9.17, 15) is 4.39 Å². The zero-order valence-electron chi connectivity index (χ0n) is 16.9. The molecule has 1 aromatic heterocycles. The highest BCUT2D eigenvalue weighted by atomic mass is 19.1. The van der Waals surface area contributed by atoms with Gasteiger partial charge < -0.3 is 9.47 Å². The fraction of sp³-hybridized carbons (Fsp3) is 0.417. The van der Waals surface area contributed by atoms with E-state index in [4.69, 9.17) is 0 Å². The van der Waals surface area contributed by atoms with Gasteiger partial charge in [0.15, 0.2) is 0 Å². The molecular weight excluding hydrogens is 349 g/mol. The lowest BCUT2D eigenvalue weighted by Crippen LogP contribution is -2.35. The van der Waals surface area contributed by atoms with Crippen molar-refractivity contribution < 1.29 is 4.39 Å². The van der Waals surface area contributed by atoms with E-state index in [1.165, 1.54) is 27.6 Å². The first-order valence-electron chi connectivity index (χ1n) is 10.3. The fourth-order valence-electron chi connectivity index (χ4n) is 5.50. The van der Waals surface area contributed by atoms with Crippen LogP contribution in [-0.2, 0) is 13.5 Å². The molecule has 1 saturated heterocycles. The van der Waals surface area contributed by atoms with Gasteiger partial charge in [0.05, 0.1) is 0 Å². The highest BCUT2D eigenvalue weighted by Crippen LogP contribution is 2.43. The Morgan fingerprint density at radius 1 is 1.04 bits per heavy atom. The van der Waals surface area contributed by atoms with Crippen LogP contribution in [0.4, 0.5) is 4.39 Å². The van der Waals surface area contributed by atoms with Gasteiger partial charge in [-0.1, -0.05) is 24.3 Å². The van der Waals surface area contributed by atoms with Gasteiger partial charge in [0.1, 0.15) is 5.82 Å². The zero-order chi connectivity index (χ0) is 19.4. The molecule has 3 atom stereocenters. The third kappa shape index (κ3) is 2.78. The van der Waals surface area contributed by atoms with E-state index in [0.29, 0.717) is 18.0 Å². The molecule has 0 radical (unpaired) electrons. The van der Waals surface area contributed by atoms with Gasteiger partial charge in [-0.25, -0.2) is 4.39 Å². The van der Waals surface area contributed by atoms with E-state index < -0.39 is 0 Å². The third-order valence-electron chi connectivity index (χ3n) is 6.90. The van der Waals surface area contributed by atoms with Crippen molar-refractivity contribution in [1.82, 2.24) is 14.4 Å². The summed E-state index contributed by atoms with van der Waals surface area (Å²) in [7, 11) is 6.52. The van der Waals surface area contributed by atoms with Crippen molar-refractivity contribution >= 4 is 10.9 Å². The van der Waals surface area contributed by atoms with E-state index in [-0.39, 0.29) is 5.82 Å². The Morgan fingerprint density at radius 3 is 2.68 bits per heavy atom. The van der Waals surface area contributed by atoms with Crippen LogP contribution < -0.4 is 0 Å². The van der Waals surface area contributed by atoms with Crippen molar-refractivity contribution in [2.24, 2.45) is 7.05 Å². The Hall–Kier alpha value is -2.17. The molecule has 0 spiro atoms. The zero-order valence-corrected chi connectivity index (χ0v) is 16.9. The SMILES string of the molecule is CN(C)C1CN(C2CCc3ccc(F)cc32)CC1c1cn(C)c2ccccc12. The number of hydrogen-bond acceptors (Lipinski definition) is 2. The maximum absolute atomic E-state index is 13.9. The Labute approximate surface area is 166 Å². The Kier molecular flexibility index (Phi) is 4.29. The average molecular weight is 378 g/mol. The summed E-state index contributed by atoms with van der Waals surface area (Å²) >= 11 is 0. The van der Waals surface area contributed by atoms with Gasteiger partial charge in [-0.3, -0.25) is 4.90 Å². The van der Waals surface area contributed by atoms with Crippen LogP contribution in [0.3, 0.4) is 0 Å². The first kappa shape index (κ1) is 17.9. The maximum atomic E-state index is 13.9. The molecule has 0 bridgehead atoms. The molecule has 28 heavy (non-hydrogen) atoms. The van der Waals surface area contributed by atoms with Crippen molar-refractivity contribution in [3.8, 4) is 0 Å². The number of fused-ring (bicyclic) bond motifs is 2.